The van der Waals surface area contributed by atoms with Gasteiger partial charge in [0.2, 0.25) is 0 Å². The highest BCUT2D eigenvalue weighted by molar-refractivity contribution is 6.62. The van der Waals surface area contributed by atoms with E-state index in [2.05, 4.69) is 59.9 Å². The van der Waals surface area contributed by atoms with Crippen LogP contribution in [0.2, 0.25) is 0 Å². The molecule has 30 heavy (non-hydrogen) atoms. The van der Waals surface area contributed by atoms with E-state index < -0.39 is 7.12 Å². The molecule has 1 aromatic carbocycles. The van der Waals surface area contributed by atoms with Gasteiger partial charge in [-0.3, -0.25) is 5.10 Å². The number of aromatic amines is 1. The molecule has 156 valence electrons. The summed E-state index contributed by atoms with van der Waals surface area (Å²) in [5.74, 6) is 0.953. The maximum Gasteiger partial charge on any atom is 0.494 e. The molecule has 0 atom stereocenters. The molecule has 2 aromatic heterocycles. The quantitative estimate of drug-likeness (QED) is 0.675. The Hall–Kier alpha value is -2.42. The van der Waals surface area contributed by atoms with Gasteiger partial charge in [0.05, 0.1) is 29.9 Å². The number of H-pyrrole nitrogens is 1. The molecular weight excluding hydrogens is 379 g/mol. The van der Waals surface area contributed by atoms with Crippen LogP contribution >= 0.6 is 0 Å². The topological polar surface area (TPSA) is 72.5 Å². The summed E-state index contributed by atoms with van der Waals surface area (Å²) >= 11 is 0. The standard InChI is InChI=1S/C22H27BN4O3/c1-21(2)22(3,4)30-23(29-21)16-5-6-18-17(14-16)20(26-25-18)15-7-8-24-19(13-15)27-9-11-28-12-10-27/h5-8,13-14H,9-12H2,1-4H3,(H,25,26). The lowest BCUT2D eigenvalue weighted by molar-refractivity contribution is 0.00578. The van der Waals surface area contributed by atoms with Crippen molar-refractivity contribution in [3.8, 4) is 11.3 Å². The predicted molar refractivity (Wildman–Crippen MR) is 118 cm³/mol. The molecule has 0 amide bonds. The van der Waals surface area contributed by atoms with Crippen molar-refractivity contribution in [3.63, 3.8) is 0 Å². The Kier molecular flexibility index (Phi) is 4.61. The van der Waals surface area contributed by atoms with E-state index in [-0.39, 0.29) is 11.2 Å². The fourth-order valence-corrected chi connectivity index (χ4v) is 3.91. The van der Waals surface area contributed by atoms with Gasteiger partial charge in [0.15, 0.2) is 0 Å². The lowest BCUT2D eigenvalue weighted by Gasteiger charge is -2.32. The van der Waals surface area contributed by atoms with Gasteiger partial charge in [-0.05, 0) is 51.4 Å². The van der Waals surface area contributed by atoms with Gasteiger partial charge < -0.3 is 18.9 Å². The van der Waals surface area contributed by atoms with Crippen LogP contribution in [0.5, 0.6) is 0 Å². The number of rotatable bonds is 3. The van der Waals surface area contributed by atoms with Crippen molar-refractivity contribution >= 4 is 29.3 Å². The maximum absolute atomic E-state index is 6.24. The smallest absolute Gasteiger partial charge is 0.399 e. The number of nitrogens with one attached hydrogen (secondary N) is 1. The Morgan fingerprint density at radius 1 is 1.00 bits per heavy atom. The third-order valence-corrected chi connectivity index (χ3v) is 6.47. The van der Waals surface area contributed by atoms with E-state index in [1.807, 2.05) is 24.4 Å². The summed E-state index contributed by atoms with van der Waals surface area (Å²) in [5.41, 5.74) is 3.17. The molecule has 0 radical (unpaired) electrons. The van der Waals surface area contributed by atoms with E-state index in [1.54, 1.807) is 0 Å². The summed E-state index contributed by atoms with van der Waals surface area (Å²) in [6, 6.07) is 10.3. The molecular formula is C22H27BN4O3. The Labute approximate surface area is 176 Å². The number of aromatic nitrogens is 3. The minimum atomic E-state index is -0.400. The largest absolute Gasteiger partial charge is 0.494 e. The number of benzene rings is 1. The van der Waals surface area contributed by atoms with Crippen molar-refractivity contribution in [1.29, 1.82) is 0 Å². The van der Waals surface area contributed by atoms with Crippen LogP contribution in [0, 0.1) is 0 Å². The fraction of sp³-hybridized carbons (Fsp3) is 0.455. The molecule has 3 aromatic rings. The highest BCUT2D eigenvalue weighted by Gasteiger charge is 2.51. The summed E-state index contributed by atoms with van der Waals surface area (Å²) in [6.07, 6.45) is 1.85. The van der Waals surface area contributed by atoms with Crippen LogP contribution < -0.4 is 10.4 Å². The van der Waals surface area contributed by atoms with E-state index in [0.29, 0.717) is 0 Å². The average Bonchev–Trinajstić information content (AvgIpc) is 3.26. The zero-order valence-corrected chi connectivity index (χ0v) is 17.9. The number of hydrogen-bond donors (Lipinski definition) is 1. The van der Waals surface area contributed by atoms with Gasteiger partial charge in [-0.15, -0.1) is 0 Å². The maximum atomic E-state index is 6.24. The number of nitrogens with zero attached hydrogens (tertiary/aromatic N) is 3. The second-order valence-electron chi connectivity index (χ2n) is 8.97. The van der Waals surface area contributed by atoms with Crippen LogP contribution in [-0.2, 0) is 14.0 Å². The lowest BCUT2D eigenvalue weighted by Crippen LogP contribution is -2.41. The van der Waals surface area contributed by atoms with Crippen LogP contribution in [-0.4, -0.2) is 59.8 Å². The molecule has 2 saturated heterocycles. The number of morpholine rings is 1. The van der Waals surface area contributed by atoms with E-state index in [9.17, 15) is 0 Å². The number of anilines is 1. The second-order valence-corrected chi connectivity index (χ2v) is 8.97. The normalized spacial score (nSPS) is 20.8. The van der Waals surface area contributed by atoms with Gasteiger partial charge >= 0.3 is 7.12 Å². The minimum Gasteiger partial charge on any atom is -0.399 e. The van der Waals surface area contributed by atoms with Crippen LogP contribution in [0.3, 0.4) is 0 Å². The summed E-state index contributed by atoms with van der Waals surface area (Å²) in [4.78, 5) is 6.81. The first-order valence-corrected chi connectivity index (χ1v) is 10.5. The van der Waals surface area contributed by atoms with Gasteiger partial charge in [-0.1, -0.05) is 12.1 Å². The van der Waals surface area contributed by atoms with Gasteiger partial charge in [0.1, 0.15) is 11.5 Å². The molecule has 0 unspecified atom stereocenters. The summed E-state index contributed by atoms with van der Waals surface area (Å²) < 4.78 is 17.9. The number of pyridine rings is 1. The van der Waals surface area contributed by atoms with Gasteiger partial charge in [-0.2, -0.15) is 5.10 Å². The van der Waals surface area contributed by atoms with Crippen molar-refractivity contribution in [2.24, 2.45) is 0 Å². The third kappa shape index (κ3) is 3.29. The Bertz CT molecular complexity index is 1060. The molecule has 7 nitrogen and oxygen atoms in total. The Balaban J connectivity index is 1.50. The average molecular weight is 406 g/mol. The van der Waals surface area contributed by atoms with Crippen molar-refractivity contribution < 1.29 is 14.0 Å². The molecule has 2 aliphatic heterocycles. The third-order valence-electron chi connectivity index (χ3n) is 6.47. The van der Waals surface area contributed by atoms with Gasteiger partial charge in [-0.25, -0.2) is 4.98 Å². The second kappa shape index (κ2) is 7.08. The van der Waals surface area contributed by atoms with Crippen LogP contribution in [0.25, 0.3) is 22.2 Å². The highest BCUT2D eigenvalue weighted by Crippen LogP contribution is 2.37. The van der Waals surface area contributed by atoms with Gasteiger partial charge in [0.25, 0.3) is 0 Å². The van der Waals surface area contributed by atoms with Crippen molar-refractivity contribution in [2.45, 2.75) is 38.9 Å². The van der Waals surface area contributed by atoms with E-state index in [1.165, 1.54) is 0 Å². The van der Waals surface area contributed by atoms with Crippen LogP contribution in [0.1, 0.15) is 27.7 Å². The van der Waals surface area contributed by atoms with Crippen LogP contribution in [0.4, 0.5) is 5.82 Å². The minimum absolute atomic E-state index is 0.371. The van der Waals surface area contributed by atoms with Gasteiger partial charge in [0, 0.05) is 30.2 Å². The molecule has 2 fully saturated rings. The predicted octanol–water partition coefficient (Wildman–Crippen LogP) is 2.76. The monoisotopic (exact) mass is 406 g/mol. The first-order valence-electron chi connectivity index (χ1n) is 10.5. The Morgan fingerprint density at radius 3 is 2.47 bits per heavy atom. The van der Waals surface area contributed by atoms with Crippen molar-refractivity contribution in [1.82, 2.24) is 15.2 Å². The van der Waals surface area contributed by atoms with Crippen molar-refractivity contribution in [2.75, 3.05) is 31.2 Å². The zero-order chi connectivity index (χ0) is 20.9. The SMILES string of the molecule is CC1(C)OB(c2ccc3[nH]nc(-c4ccnc(N5CCOCC5)c4)c3c2)OC1(C)C. The van der Waals surface area contributed by atoms with Crippen LogP contribution in [0.15, 0.2) is 36.5 Å². The van der Waals surface area contributed by atoms with E-state index in [0.717, 1.165) is 59.7 Å². The summed E-state index contributed by atoms with van der Waals surface area (Å²) in [6.45, 7) is 11.4. The molecule has 8 heteroatoms. The Morgan fingerprint density at radius 2 is 1.73 bits per heavy atom. The zero-order valence-electron chi connectivity index (χ0n) is 17.9. The molecule has 0 spiro atoms. The lowest BCUT2D eigenvalue weighted by atomic mass is 9.78. The van der Waals surface area contributed by atoms with E-state index >= 15 is 0 Å². The highest BCUT2D eigenvalue weighted by atomic mass is 16.7. The van der Waals surface area contributed by atoms with E-state index in [4.69, 9.17) is 14.0 Å². The molecule has 5 rings (SSSR count). The first kappa shape index (κ1) is 19.5. The first-order chi connectivity index (χ1) is 14.3. The summed E-state index contributed by atoms with van der Waals surface area (Å²) in [5, 5.41) is 8.79. The number of fused-ring (bicyclic) bond motifs is 1. The molecule has 4 heterocycles. The number of ether oxygens (including phenoxy) is 1. The molecule has 0 bridgehead atoms. The molecule has 0 aliphatic carbocycles. The number of hydrogen-bond acceptors (Lipinski definition) is 6. The molecule has 0 saturated carbocycles. The molecule has 2 aliphatic rings. The van der Waals surface area contributed by atoms with Crippen molar-refractivity contribution in [3.05, 3.63) is 36.5 Å². The fourth-order valence-electron chi connectivity index (χ4n) is 3.91. The summed E-state index contributed by atoms with van der Waals surface area (Å²) in [7, 11) is -0.400. The molecule has 1 N–H and O–H groups in total.